The van der Waals surface area contributed by atoms with E-state index in [0.29, 0.717) is 5.92 Å². The Kier molecular flexibility index (Phi) is 3.83. The fourth-order valence-corrected chi connectivity index (χ4v) is 3.65. The van der Waals surface area contributed by atoms with Gasteiger partial charge in [-0.15, -0.1) is 11.3 Å². The first-order valence-corrected chi connectivity index (χ1v) is 7.84. The molecule has 0 aliphatic heterocycles. The van der Waals surface area contributed by atoms with E-state index >= 15 is 0 Å². The van der Waals surface area contributed by atoms with Crippen molar-refractivity contribution in [3.05, 3.63) is 35.3 Å². The number of ether oxygens (including phenoxy) is 1. The molecular weight excluding hydrogens is 254 g/mol. The van der Waals surface area contributed by atoms with Crippen molar-refractivity contribution in [1.82, 2.24) is 4.98 Å². The maximum Gasteiger partial charge on any atom is 0.123 e. The van der Waals surface area contributed by atoms with Crippen molar-refractivity contribution in [3.8, 4) is 16.3 Å². The highest BCUT2D eigenvalue weighted by molar-refractivity contribution is 7.13. The first-order valence-electron chi connectivity index (χ1n) is 6.96. The van der Waals surface area contributed by atoms with Crippen LogP contribution in [0.15, 0.2) is 29.6 Å². The van der Waals surface area contributed by atoms with Crippen LogP contribution in [0.1, 0.15) is 43.7 Å². The number of methoxy groups -OCH3 is 1. The van der Waals surface area contributed by atoms with Crippen LogP contribution in [0.4, 0.5) is 0 Å². The molecule has 1 fully saturated rings. The minimum atomic E-state index is 0.692. The first-order chi connectivity index (χ1) is 9.36. The predicted molar refractivity (Wildman–Crippen MR) is 79.9 cm³/mol. The molecule has 2 nitrogen and oxygen atoms in total. The van der Waals surface area contributed by atoms with E-state index in [1.807, 2.05) is 12.1 Å². The molecule has 0 amide bonds. The molecule has 19 heavy (non-hydrogen) atoms. The summed E-state index contributed by atoms with van der Waals surface area (Å²) in [5.41, 5.74) is 2.49. The van der Waals surface area contributed by atoms with Crippen LogP contribution in [0.2, 0.25) is 0 Å². The lowest BCUT2D eigenvalue weighted by Crippen LogP contribution is -2.04. The number of hydrogen-bond acceptors (Lipinski definition) is 3. The van der Waals surface area contributed by atoms with Gasteiger partial charge in [0.2, 0.25) is 0 Å². The molecule has 100 valence electrons. The molecule has 0 radical (unpaired) electrons. The lowest BCUT2D eigenvalue weighted by molar-refractivity contribution is 0.415. The Morgan fingerprint density at radius 3 is 2.53 bits per heavy atom. The second kappa shape index (κ2) is 5.74. The van der Waals surface area contributed by atoms with Gasteiger partial charge in [0.05, 0.1) is 12.8 Å². The summed E-state index contributed by atoms with van der Waals surface area (Å²) < 4.78 is 5.19. The Hall–Kier alpha value is -1.35. The molecule has 1 aliphatic carbocycles. The maximum atomic E-state index is 5.19. The van der Waals surface area contributed by atoms with E-state index in [0.717, 1.165) is 10.8 Å². The normalized spacial score (nSPS) is 16.5. The Labute approximate surface area is 118 Å². The van der Waals surface area contributed by atoms with Gasteiger partial charge in [0, 0.05) is 16.9 Å². The molecular formula is C16H19NOS. The van der Waals surface area contributed by atoms with Crippen LogP contribution in [-0.2, 0) is 0 Å². The molecule has 0 bridgehead atoms. The Bertz CT molecular complexity index is 526. The van der Waals surface area contributed by atoms with Crippen LogP contribution in [0.5, 0.6) is 5.75 Å². The van der Waals surface area contributed by atoms with Gasteiger partial charge in [0.15, 0.2) is 0 Å². The molecule has 0 saturated heterocycles. The van der Waals surface area contributed by atoms with Crippen LogP contribution >= 0.6 is 11.3 Å². The molecule has 1 saturated carbocycles. The van der Waals surface area contributed by atoms with Crippen molar-refractivity contribution in [2.24, 2.45) is 0 Å². The molecule has 3 rings (SSSR count). The molecule has 1 aliphatic rings. The third-order valence-electron chi connectivity index (χ3n) is 3.88. The summed E-state index contributed by atoms with van der Waals surface area (Å²) in [6.45, 7) is 0. The zero-order valence-electron chi connectivity index (χ0n) is 11.3. The summed E-state index contributed by atoms with van der Waals surface area (Å²) in [6.07, 6.45) is 6.74. The van der Waals surface area contributed by atoms with Gasteiger partial charge in [-0.2, -0.15) is 0 Å². The van der Waals surface area contributed by atoms with Crippen LogP contribution in [0.3, 0.4) is 0 Å². The van der Waals surface area contributed by atoms with Gasteiger partial charge in [-0.3, -0.25) is 0 Å². The predicted octanol–water partition coefficient (Wildman–Crippen LogP) is 4.87. The van der Waals surface area contributed by atoms with Gasteiger partial charge >= 0.3 is 0 Å². The van der Waals surface area contributed by atoms with Crippen molar-refractivity contribution in [2.75, 3.05) is 7.11 Å². The smallest absolute Gasteiger partial charge is 0.123 e. The molecule has 0 atom stereocenters. The Balaban J connectivity index is 1.79. The summed E-state index contributed by atoms with van der Waals surface area (Å²) in [5, 5.41) is 3.37. The topological polar surface area (TPSA) is 22.1 Å². The zero-order chi connectivity index (χ0) is 13.1. The SMILES string of the molecule is COc1ccc(-c2nc(C3CCCCC3)cs2)cc1. The average molecular weight is 273 g/mol. The molecule has 1 heterocycles. The average Bonchev–Trinajstić information content (AvgIpc) is 2.98. The minimum absolute atomic E-state index is 0.692. The highest BCUT2D eigenvalue weighted by Gasteiger charge is 2.18. The van der Waals surface area contributed by atoms with Crippen molar-refractivity contribution in [1.29, 1.82) is 0 Å². The highest BCUT2D eigenvalue weighted by Crippen LogP contribution is 2.35. The molecule has 1 aromatic heterocycles. The lowest BCUT2D eigenvalue weighted by atomic mass is 9.87. The van der Waals surface area contributed by atoms with Crippen molar-refractivity contribution >= 4 is 11.3 Å². The first kappa shape index (κ1) is 12.7. The van der Waals surface area contributed by atoms with Gasteiger partial charge in [0.1, 0.15) is 10.8 Å². The largest absolute Gasteiger partial charge is 0.497 e. The quantitative estimate of drug-likeness (QED) is 0.796. The Morgan fingerprint density at radius 1 is 1.11 bits per heavy atom. The van der Waals surface area contributed by atoms with Crippen molar-refractivity contribution in [3.63, 3.8) is 0 Å². The zero-order valence-corrected chi connectivity index (χ0v) is 12.1. The van der Waals surface area contributed by atoms with Gasteiger partial charge in [-0.1, -0.05) is 19.3 Å². The van der Waals surface area contributed by atoms with Crippen LogP contribution in [0, 0.1) is 0 Å². The fraction of sp³-hybridized carbons (Fsp3) is 0.438. The van der Waals surface area contributed by atoms with E-state index < -0.39 is 0 Å². The number of nitrogens with zero attached hydrogens (tertiary/aromatic N) is 1. The molecule has 0 unspecified atom stereocenters. The summed E-state index contributed by atoms with van der Waals surface area (Å²) >= 11 is 1.76. The summed E-state index contributed by atoms with van der Waals surface area (Å²) in [4.78, 5) is 4.84. The maximum absolute atomic E-state index is 5.19. The van der Waals surface area contributed by atoms with E-state index in [4.69, 9.17) is 9.72 Å². The molecule has 1 aromatic carbocycles. The van der Waals surface area contributed by atoms with Crippen LogP contribution in [0.25, 0.3) is 10.6 Å². The minimum Gasteiger partial charge on any atom is -0.497 e. The molecule has 2 aromatic rings. The molecule has 0 N–H and O–H groups in total. The van der Waals surface area contributed by atoms with E-state index in [9.17, 15) is 0 Å². The Morgan fingerprint density at radius 2 is 1.84 bits per heavy atom. The van der Waals surface area contributed by atoms with Gasteiger partial charge in [-0.05, 0) is 37.1 Å². The number of thiazole rings is 1. The van der Waals surface area contributed by atoms with E-state index in [1.165, 1.54) is 43.4 Å². The summed E-state index contributed by atoms with van der Waals surface area (Å²) in [5.74, 6) is 1.59. The van der Waals surface area contributed by atoms with Crippen molar-refractivity contribution in [2.45, 2.75) is 38.0 Å². The standard InChI is InChI=1S/C16H19NOS/c1-18-14-9-7-13(8-10-14)16-17-15(11-19-16)12-5-3-2-4-6-12/h7-12H,2-6H2,1H3. The van der Waals surface area contributed by atoms with E-state index in [1.54, 1.807) is 18.4 Å². The summed E-state index contributed by atoms with van der Waals surface area (Å²) in [6, 6.07) is 8.17. The fourth-order valence-electron chi connectivity index (χ4n) is 2.74. The number of rotatable bonds is 3. The van der Waals surface area contributed by atoms with E-state index in [-0.39, 0.29) is 0 Å². The highest BCUT2D eigenvalue weighted by atomic mass is 32.1. The second-order valence-corrected chi connectivity index (χ2v) is 6.00. The van der Waals surface area contributed by atoms with Gasteiger partial charge in [0.25, 0.3) is 0 Å². The van der Waals surface area contributed by atoms with Crippen LogP contribution < -0.4 is 4.74 Å². The monoisotopic (exact) mass is 273 g/mol. The van der Waals surface area contributed by atoms with Crippen LogP contribution in [-0.4, -0.2) is 12.1 Å². The van der Waals surface area contributed by atoms with Gasteiger partial charge in [-0.25, -0.2) is 4.98 Å². The molecule has 3 heteroatoms. The second-order valence-electron chi connectivity index (χ2n) is 5.14. The molecule has 0 spiro atoms. The summed E-state index contributed by atoms with van der Waals surface area (Å²) in [7, 11) is 1.69. The number of hydrogen-bond donors (Lipinski definition) is 0. The third kappa shape index (κ3) is 2.81. The number of benzene rings is 1. The third-order valence-corrected chi connectivity index (χ3v) is 4.79. The number of aromatic nitrogens is 1. The van der Waals surface area contributed by atoms with Gasteiger partial charge < -0.3 is 4.74 Å². The lowest BCUT2D eigenvalue weighted by Gasteiger charge is -2.19. The van der Waals surface area contributed by atoms with E-state index in [2.05, 4.69) is 17.5 Å². The van der Waals surface area contributed by atoms with Crippen molar-refractivity contribution < 1.29 is 4.74 Å².